The Kier molecular flexibility index (Phi) is 4.11. The van der Waals surface area contributed by atoms with Crippen LogP contribution >= 0.6 is 0 Å². The summed E-state index contributed by atoms with van der Waals surface area (Å²) in [5.74, 6) is 1.00. The van der Waals surface area contributed by atoms with Gasteiger partial charge in [0.25, 0.3) is 0 Å². The van der Waals surface area contributed by atoms with Crippen LogP contribution in [0.4, 0.5) is 0 Å². The Hall–Kier alpha value is -2.00. The topological polar surface area (TPSA) is 32.7 Å². The average molecular weight is 283 g/mol. The van der Waals surface area contributed by atoms with Crippen molar-refractivity contribution < 1.29 is 9.84 Å². The van der Waals surface area contributed by atoms with Crippen molar-refractivity contribution >= 4 is 0 Å². The van der Waals surface area contributed by atoms with Crippen molar-refractivity contribution in [2.75, 3.05) is 13.7 Å². The predicted octanol–water partition coefficient (Wildman–Crippen LogP) is 3.35. The number of aromatic hydroxyl groups is 1. The number of nitrogens with zero attached hydrogens (tertiary/aromatic N) is 1. The predicted molar refractivity (Wildman–Crippen MR) is 83.5 cm³/mol. The van der Waals surface area contributed by atoms with E-state index in [1.165, 1.54) is 11.1 Å². The van der Waals surface area contributed by atoms with Crippen LogP contribution in [0.5, 0.6) is 11.5 Å². The number of methoxy groups -OCH3 is 1. The first-order valence-corrected chi connectivity index (χ1v) is 7.41. The fraction of sp³-hybridized carbons (Fsp3) is 0.333. The van der Waals surface area contributed by atoms with Gasteiger partial charge in [-0.1, -0.05) is 30.3 Å². The first kappa shape index (κ1) is 14.0. The molecule has 2 aromatic carbocycles. The molecule has 3 nitrogen and oxygen atoms in total. The fourth-order valence-electron chi connectivity index (χ4n) is 2.95. The molecule has 0 bridgehead atoms. The van der Waals surface area contributed by atoms with Crippen LogP contribution < -0.4 is 4.74 Å². The van der Waals surface area contributed by atoms with E-state index in [2.05, 4.69) is 29.2 Å². The lowest BCUT2D eigenvalue weighted by Crippen LogP contribution is -2.22. The number of fused-ring (bicyclic) bond motifs is 1. The third kappa shape index (κ3) is 3.19. The maximum Gasteiger partial charge on any atom is 0.123 e. The quantitative estimate of drug-likeness (QED) is 0.937. The molecule has 1 heterocycles. The zero-order chi connectivity index (χ0) is 14.7. The van der Waals surface area contributed by atoms with Gasteiger partial charge in [0.2, 0.25) is 0 Å². The molecule has 0 spiro atoms. The number of phenolic OH excluding ortho intramolecular Hbond substituents is 1. The van der Waals surface area contributed by atoms with Crippen LogP contribution in [0.3, 0.4) is 0 Å². The molecule has 1 aliphatic rings. The van der Waals surface area contributed by atoms with Crippen LogP contribution in [0.1, 0.15) is 23.1 Å². The highest BCUT2D eigenvalue weighted by molar-refractivity contribution is 5.39. The minimum absolute atomic E-state index is 0.312. The summed E-state index contributed by atoms with van der Waals surface area (Å²) in [6.45, 7) is 2.77. The molecule has 0 aromatic heterocycles. The standard InChI is InChI=1S/C18H21NO2/c1-21-17-9-8-16(18(20)11-17)13-19-10-4-7-14-5-2-3-6-15(14)12-19/h2-3,5-6,8-9,11,20H,4,7,10,12-13H2,1H3. The van der Waals surface area contributed by atoms with E-state index in [4.69, 9.17) is 4.74 Å². The first-order chi connectivity index (χ1) is 10.3. The Morgan fingerprint density at radius 1 is 1.14 bits per heavy atom. The van der Waals surface area contributed by atoms with E-state index in [-0.39, 0.29) is 0 Å². The van der Waals surface area contributed by atoms with Crippen molar-refractivity contribution in [1.82, 2.24) is 4.90 Å². The molecule has 0 amide bonds. The van der Waals surface area contributed by atoms with Crippen molar-refractivity contribution in [3.8, 4) is 11.5 Å². The van der Waals surface area contributed by atoms with Crippen molar-refractivity contribution in [3.05, 3.63) is 59.2 Å². The van der Waals surface area contributed by atoms with Crippen molar-refractivity contribution in [1.29, 1.82) is 0 Å². The van der Waals surface area contributed by atoms with Gasteiger partial charge in [-0.05, 0) is 36.6 Å². The Morgan fingerprint density at radius 3 is 2.71 bits per heavy atom. The van der Waals surface area contributed by atoms with Crippen molar-refractivity contribution in [2.45, 2.75) is 25.9 Å². The summed E-state index contributed by atoms with van der Waals surface area (Å²) in [6.07, 6.45) is 2.30. The van der Waals surface area contributed by atoms with Crippen molar-refractivity contribution in [2.24, 2.45) is 0 Å². The normalized spacial score (nSPS) is 15.3. The maximum absolute atomic E-state index is 10.1. The van der Waals surface area contributed by atoms with Crippen LogP contribution in [0.25, 0.3) is 0 Å². The van der Waals surface area contributed by atoms with E-state index < -0.39 is 0 Å². The van der Waals surface area contributed by atoms with Gasteiger partial charge in [-0.15, -0.1) is 0 Å². The van der Waals surface area contributed by atoms with Gasteiger partial charge in [0.15, 0.2) is 0 Å². The summed E-state index contributed by atoms with van der Waals surface area (Å²) in [6, 6.07) is 14.2. The zero-order valence-electron chi connectivity index (χ0n) is 12.4. The Bertz CT molecular complexity index is 624. The molecule has 0 radical (unpaired) electrons. The summed E-state index contributed by atoms with van der Waals surface area (Å²) >= 11 is 0. The molecule has 1 N–H and O–H groups in total. The Morgan fingerprint density at radius 2 is 1.95 bits per heavy atom. The van der Waals surface area contributed by atoms with Gasteiger partial charge in [0.1, 0.15) is 11.5 Å². The molecule has 0 saturated heterocycles. The maximum atomic E-state index is 10.1. The number of rotatable bonds is 3. The van der Waals surface area contributed by atoms with E-state index in [1.54, 1.807) is 13.2 Å². The second kappa shape index (κ2) is 6.19. The lowest BCUT2D eigenvalue weighted by atomic mass is 10.0. The van der Waals surface area contributed by atoms with Gasteiger partial charge in [0, 0.05) is 24.7 Å². The molecular weight excluding hydrogens is 262 g/mol. The summed E-state index contributed by atoms with van der Waals surface area (Å²) in [5.41, 5.74) is 3.82. The molecule has 0 fully saturated rings. The number of aryl methyl sites for hydroxylation is 1. The Labute approximate surface area is 125 Å². The van der Waals surface area contributed by atoms with E-state index in [9.17, 15) is 5.11 Å². The summed E-state index contributed by atoms with van der Waals surface area (Å²) in [4.78, 5) is 2.40. The lowest BCUT2D eigenvalue weighted by Gasteiger charge is -2.21. The smallest absolute Gasteiger partial charge is 0.123 e. The number of ether oxygens (including phenoxy) is 1. The zero-order valence-corrected chi connectivity index (χ0v) is 12.4. The average Bonchev–Trinajstić information content (AvgIpc) is 2.71. The van der Waals surface area contributed by atoms with Gasteiger partial charge < -0.3 is 9.84 Å². The van der Waals surface area contributed by atoms with Gasteiger partial charge in [-0.3, -0.25) is 4.90 Å². The summed E-state index contributed by atoms with van der Waals surface area (Å²) < 4.78 is 5.13. The number of benzene rings is 2. The largest absolute Gasteiger partial charge is 0.507 e. The van der Waals surface area contributed by atoms with E-state index in [0.717, 1.165) is 38.0 Å². The monoisotopic (exact) mass is 283 g/mol. The molecule has 2 aromatic rings. The molecule has 110 valence electrons. The fourth-order valence-corrected chi connectivity index (χ4v) is 2.95. The lowest BCUT2D eigenvalue weighted by molar-refractivity contribution is 0.257. The molecular formula is C18H21NO2. The van der Waals surface area contributed by atoms with Gasteiger partial charge in [-0.2, -0.15) is 0 Å². The number of hydrogen-bond donors (Lipinski definition) is 1. The third-order valence-corrected chi connectivity index (χ3v) is 4.12. The molecule has 0 atom stereocenters. The van der Waals surface area contributed by atoms with Crippen molar-refractivity contribution in [3.63, 3.8) is 0 Å². The highest BCUT2D eigenvalue weighted by atomic mass is 16.5. The van der Waals surface area contributed by atoms with E-state index >= 15 is 0 Å². The first-order valence-electron chi connectivity index (χ1n) is 7.41. The van der Waals surface area contributed by atoms with E-state index in [1.807, 2.05) is 12.1 Å². The summed E-state index contributed by atoms with van der Waals surface area (Å²) in [5, 5.41) is 10.1. The van der Waals surface area contributed by atoms with Crippen LogP contribution in [0.2, 0.25) is 0 Å². The molecule has 0 saturated carbocycles. The molecule has 0 aliphatic carbocycles. The minimum Gasteiger partial charge on any atom is -0.507 e. The Balaban J connectivity index is 1.76. The molecule has 3 rings (SSSR count). The second-order valence-corrected chi connectivity index (χ2v) is 5.58. The molecule has 3 heteroatoms. The molecule has 1 aliphatic heterocycles. The second-order valence-electron chi connectivity index (χ2n) is 5.58. The number of hydrogen-bond acceptors (Lipinski definition) is 3. The van der Waals surface area contributed by atoms with Crippen LogP contribution in [-0.2, 0) is 19.5 Å². The minimum atomic E-state index is 0.312. The molecule has 21 heavy (non-hydrogen) atoms. The van der Waals surface area contributed by atoms with Crippen LogP contribution in [0.15, 0.2) is 42.5 Å². The highest BCUT2D eigenvalue weighted by Crippen LogP contribution is 2.26. The molecule has 0 unspecified atom stereocenters. The number of phenols is 1. The van der Waals surface area contributed by atoms with Crippen LogP contribution in [-0.4, -0.2) is 23.7 Å². The third-order valence-electron chi connectivity index (χ3n) is 4.12. The SMILES string of the molecule is COc1ccc(CN2CCCc3ccccc3C2)c(O)c1. The van der Waals surface area contributed by atoms with Gasteiger partial charge in [0.05, 0.1) is 7.11 Å². The van der Waals surface area contributed by atoms with E-state index in [0.29, 0.717) is 11.5 Å². The van der Waals surface area contributed by atoms with Gasteiger partial charge >= 0.3 is 0 Å². The highest BCUT2D eigenvalue weighted by Gasteiger charge is 2.15. The summed E-state index contributed by atoms with van der Waals surface area (Å²) in [7, 11) is 1.61. The van der Waals surface area contributed by atoms with Gasteiger partial charge in [-0.25, -0.2) is 0 Å². The van der Waals surface area contributed by atoms with Crippen LogP contribution in [0, 0.1) is 0 Å².